The van der Waals surface area contributed by atoms with Gasteiger partial charge in [0, 0.05) is 18.8 Å². The van der Waals surface area contributed by atoms with Gasteiger partial charge in [-0.25, -0.2) is 0 Å². The Kier molecular flexibility index (Phi) is 28.7. The molecule has 36 heavy (non-hydrogen) atoms. The topological polar surface area (TPSA) is 23.5 Å². The van der Waals surface area contributed by atoms with Gasteiger partial charge in [-0.15, -0.1) is 0 Å². The molecule has 2 heteroatoms. The Morgan fingerprint density at radius 2 is 0.944 bits per heavy atom. The first kappa shape index (κ1) is 35.5. The minimum Gasteiger partial charge on any atom is -0.395 e. The van der Waals surface area contributed by atoms with E-state index in [0.717, 1.165) is 19.5 Å². The zero-order valence-electron chi connectivity index (χ0n) is 25.5. The molecule has 0 heterocycles. The summed E-state index contributed by atoms with van der Waals surface area (Å²) >= 11 is 0. The maximum Gasteiger partial charge on any atom is 0.0606 e. The Hall–Kier alpha value is -0.500. The van der Waals surface area contributed by atoms with Crippen LogP contribution >= 0.6 is 0 Å². The van der Waals surface area contributed by atoms with Crippen molar-refractivity contribution in [2.24, 2.45) is 5.92 Å². The van der Waals surface area contributed by atoms with E-state index < -0.39 is 0 Å². The Bertz CT molecular complexity index is 435. The summed E-state index contributed by atoms with van der Waals surface area (Å²) in [7, 11) is 0. The maximum atomic E-state index is 9.53. The number of aliphatic hydroxyl groups excluding tert-OH is 1. The van der Waals surface area contributed by atoms with Crippen LogP contribution in [0.2, 0.25) is 0 Å². The van der Waals surface area contributed by atoms with Gasteiger partial charge in [-0.3, -0.25) is 0 Å². The molecule has 0 aromatic carbocycles. The third kappa shape index (κ3) is 25.2. The van der Waals surface area contributed by atoms with Gasteiger partial charge in [-0.1, -0.05) is 169 Å². The fraction of sp³-hybridized carbons (Fsp3) is 0.941. The van der Waals surface area contributed by atoms with Crippen molar-refractivity contribution >= 4 is 0 Å². The SMILES string of the molecule is C=C(CCCCCCCCC)N(CCO)C[C@@H](C)CCCCCCCCCCCCCCCCCC. The van der Waals surface area contributed by atoms with Crippen LogP contribution in [-0.2, 0) is 0 Å². The third-order valence-corrected chi connectivity index (χ3v) is 7.97. The monoisotopic (exact) mass is 508 g/mol. The van der Waals surface area contributed by atoms with Crippen LogP contribution in [0.4, 0.5) is 0 Å². The predicted molar refractivity (Wildman–Crippen MR) is 164 cm³/mol. The van der Waals surface area contributed by atoms with E-state index in [4.69, 9.17) is 0 Å². The predicted octanol–water partition coefficient (Wildman–Crippen LogP) is 11.2. The van der Waals surface area contributed by atoms with Gasteiger partial charge in [0.1, 0.15) is 0 Å². The average Bonchev–Trinajstić information content (AvgIpc) is 2.87. The molecular formula is C34H69NO. The first-order chi connectivity index (χ1) is 17.7. The van der Waals surface area contributed by atoms with E-state index in [1.807, 2.05) is 0 Å². The van der Waals surface area contributed by atoms with E-state index in [9.17, 15) is 5.11 Å². The summed E-state index contributed by atoms with van der Waals surface area (Å²) in [6, 6.07) is 0. The number of allylic oxidation sites excluding steroid dienone is 1. The zero-order chi connectivity index (χ0) is 26.5. The average molecular weight is 508 g/mol. The van der Waals surface area contributed by atoms with E-state index in [2.05, 4.69) is 32.3 Å². The molecule has 0 bridgehead atoms. The van der Waals surface area contributed by atoms with Gasteiger partial charge in [0.2, 0.25) is 0 Å². The highest BCUT2D eigenvalue weighted by Gasteiger charge is 2.12. The highest BCUT2D eigenvalue weighted by molar-refractivity contribution is 4.94. The first-order valence-corrected chi connectivity index (χ1v) is 16.7. The lowest BCUT2D eigenvalue weighted by atomic mass is 10.00. The van der Waals surface area contributed by atoms with Crippen molar-refractivity contribution in [3.8, 4) is 0 Å². The molecule has 1 N–H and O–H groups in total. The van der Waals surface area contributed by atoms with Crippen LogP contribution in [0, 0.1) is 5.92 Å². The molecule has 0 saturated heterocycles. The Morgan fingerprint density at radius 1 is 0.583 bits per heavy atom. The summed E-state index contributed by atoms with van der Waals surface area (Å²) in [6.45, 7) is 13.4. The minimum absolute atomic E-state index is 0.238. The second kappa shape index (κ2) is 29.1. The Morgan fingerprint density at radius 3 is 1.33 bits per heavy atom. The molecule has 0 rings (SSSR count). The summed E-state index contributed by atoms with van der Waals surface area (Å²) in [5, 5.41) is 9.53. The van der Waals surface area contributed by atoms with E-state index >= 15 is 0 Å². The second-order valence-electron chi connectivity index (χ2n) is 11.8. The fourth-order valence-electron chi connectivity index (χ4n) is 5.45. The maximum absolute atomic E-state index is 9.53. The Labute approximate surface area is 229 Å². The van der Waals surface area contributed by atoms with Crippen molar-refractivity contribution < 1.29 is 5.11 Å². The summed E-state index contributed by atoms with van der Waals surface area (Å²) in [5.74, 6) is 0.689. The molecule has 0 amide bonds. The molecular weight excluding hydrogens is 438 g/mol. The van der Waals surface area contributed by atoms with Crippen molar-refractivity contribution in [1.29, 1.82) is 0 Å². The van der Waals surface area contributed by atoms with Crippen molar-refractivity contribution in [2.75, 3.05) is 19.7 Å². The molecule has 0 aliphatic heterocycles. The summed E-state index contributed by atoms with van der Waals surface area (Å²) in [6.07, 6.45) is 34.8. The molecule has 0 aliphatic rings. The molecule has 0 radical (unpaired) electrons. The Balaban J connectivity index is 3.61. The van der Waals surface area contributed by atoms with Gasteiger partial charge < -0.3 is 10.0 Å². The molecule has 1 atom stereocenters. The van der Waals surface area contributed by atoms with Crippen LogP contribution in [0.15, 0.2) is 12.3 Å². The molecule has 0 unspecified atom stereocenters. The number of hydrogen-bond donors (Lipinski definition) is 1. The van der Waals surface area contributed by atoms with Gasteiger partial charge in [0.25, 0.3) is 0 Å². The molecule has 0 saturated carbocycles. The zero-order valence-corrected chi connectivity index (χ0v) is 25.5. The van der Waals surface area contributed by atoms with Crippen LogP contribution in [0.25, 0.3) is 0 Å². The van der Waals surface area contributed by atoms with Crippen molar-refractivity contribution in [2.45, 2.75) is 181 Å². The summed E-state index contributed by atoms with van der Waals surface area (Å²) < 4.78 is 0. The lowest BCUT2D eigenvalue weighted by molar-refractivity contribution is 0.203. The summed E-state index contributed by atoms with van der Waals surface area (Å²) in [4.78, 5) is 2.37. The van der Waals surface area contributed by atoms with Crippen LogP contribution in [0.1, 0.15) is 181 Å². The minimum atomic E-state index is 0.238. The summed E-state index contributed by atoms with van der Waals surface area (Å²) in [5.41, 5.74) is 1.25. The number of hydrogen-bond acceptors (Lipinski definition) is 2. The second-order valence-corrected chi connectivity index (χ2v) is 11.8. The fourth-order valence-corrected chi connectivity index (χ4v) is 5.45. The van der Waals surface area contributed by atoms with E-state index in [1.165, 1.54) is 160 Å². The van der Waals surface area contributed by atoms with E-state index in [1.54, 1.807) is 0 Å². The third-order valence-electron chi connectivity index (χ3n) is 7.97. The van der Waals surface area contributed by atoms with Crippen LogP contribution in [-0.4, -0.2) is 29.7 Å². The van der Waals surface area contributed by atoms with E-state index in [-0.39, 0.29) is 6.61 Å². The number of nitrogens with zero attached hydrogens (tertiary/aromatic N) is 1. The van der Waals surface area contributed by atoms with Gasteiger partial charge in [-0.2, -0.15) is 0 Å². The molecule has 0 spiro atoms. The van der Waals surface area contributed by atoms with Gasteiger partial charge >= 0.3 is 0 Å². The molecule has 0 aromatic heterocycles. The lowest BCUT2D eigenvalue weighted by Crippen LogP contribution is -2.30. The van der Waals surface area contributed by atoms with Gasteiger partial charge in [0.05, 0.1) is 6.61 Å². The smallest absolute Gasteiger partial charge is 0.0606 e. The van der Waals surface area contributed by atoms with Crippen LogP contribution in [0.5, 0.6) is 0 Å². The van der Waals surface area contributed by atoms with E-state index in [0.29, 0.717) is 5.92 Å². The quantitative estimate of drug-likeness (QED) is 0.0977. The normalized spacial score (nSPS) is 12.2. The van der Waals surface area contributed by atoms with Crippen molar-refractivity contribution in [3.63, 3.8) is 0 Å². The number of unbranched alkanes of at least 4 members (excludes halogenated alkanes) is 21. The van der Waals surface area contributed by atoms with Gasteiger partial charge in [0.15, 0.2) is 0 Å². The van der Waals surface area contributed by atoms with Crippen molar-refractivity contribution in [3.05, 3.63) is 12.3 Å². The van der Waals surface area contributed by atoms with Crippen LogP contribution in [0.3, 0.4) is 0 Å². The van der Waals surface area contributed by atoms with Gasteiger partial charge in [-0.05, 0) is 25.2 Å². The van der Waals surface area contributed by atoms with Crippen LogP contribution < -0.4 is 0 Å². The molecule has 0 aromatic rings. The van der Waals surface area contributed by atoms with Crippen molar-refractivity contribution in [1.82, 2.24) is 4.90 Å². The standard InChI is InChI=1S/C34H69NO/c1-5-7-9-11-13-14-15-16-17-18-19-20-21-23-24-26-28-33(3)32-35(30-31-36)34(4)29-27-25-22-12-10-8-6-2/h33,36H,4-32H2,1-3H3/t33-/m0/s1. The highest BCUT2D eigenvalue weighted by atomic mass is 16.3. The first-order valence-electron chi connectivity index (χ1n) is 16.7. The number of aliphatic hydroxyl groups is 1. The highest BCUT2D eigenvalue weighted by Crippen LogP contribution is 2.19. The largest absolute Gasteiger partial charge is 0.395 e. The molecule has 0 aliphatic carbocycles. The molecule has 216 valence electrons. The molecule has 0 fully saturated rings. The molecule has 2 nitrogen and oxygen atoms in total. The number of rotatable bonds is 30. The lowest BCUT2D eigenvalue weighted by Gasteiger charge is -2.29.